The molecule has 36 heavy (non-hydrogen) atoms. The molecule has 0 spiro atoms. The number of hydrogen-bond acceptors (Lipinski definition) is 5. The smallest absolute Gasteiger partial charge is 0.341 e. The molecule has 5 heterocycles. The zero-order valence-electron chi connectivity index (χ0n) is 19.1. The second kappa shape index (κ2) is 8.05. The minimum atomic E-state index is -4.48. The van der Waals surface area contributed by atoms with Crippen LogP contribution in [-0.2, 0) is 25.6 Å². The number of alkyl halides is 4. The molecule has 1 N–H and O–H groups in total. The molecule has 2 aliphatic rings. The highest BCUT2D eigenvalue weighted by Gasteiger charge is 2.62. The highest BCUT2D eigenvalue weighted by atomic mass is 35.5. The fraction of sp³-hybridized carbons (Fsp3) is 0.391. The molecular weight excluding hydrogens is 500 g/mol. The first-order valence-electron chi connectivity index (χ1n) is 11.4. The van der Waals surface area contributed by atoms with E-state index in [0.717, 1.165) is 5.82 Å². The van der Waals surface area contributed by atoms with Crippen LogP contribution in [0.1, 0.15) is 25.1 Å². The van der Waals surface area contributed by atoms with E-state index < -0.39 is 17.8 Å². The van der Waals surface area contributed by atoms with Gasteiger partial charge in [0.2, 0.25) is 0 Å². The number of halogens is 5. The van der Waals surface area contributed by atoms with E-state index in [9.17, 15) is 13.2 Å². The van der Waals surface area contributed by atoms with Crippen LogP contribution in [0.3, 0.4) is 0 Å². The van der Waals surface area contributed by atoms with Crippen molar-refractivity contribution in [2.75, 3.05) is 5.32 Å². The van der Waals surface area contributed by atoms with E-state index in [-0.39, 0.29) is 37.6 Å². The third-order valence-corrected chi connectivity index (χ3v) is 7.37. The van der Waals surface area contributed by atoms with Gasteiger partial charge in [-0.15, -0.1) is 10.2 Å². The van der Waals surface area contributed by atoms with Gasteiger partial charge in [-0.1, -0.05) is 18.0 Å². The molecule has 13 heteroatoms. The summed E-state index contributed by atoms with van der Waals surface area (Å²) in [5.74, 6) is 1.24. The Kier molecular flexibility index (Phi) is 5.15. The number of fused-ring (bicyclic) bond motifs is 3. The lowest BCUT2D eigenvalue weighted by atomic mass is 9.67. The second-order valence-corrected chi connectivity index (χ2v) is 9.68. The van der Waals surface area contributed by atoms with Gasteiger partial charge in [0.05, 0.1) is 30.0 Å². The molecule has 0 unspecified atom stereocenters. The van der Waals surface area contributed by atoms with Crippen molar-refractivity contribution >= 4 is 23.2 Å². The summed E-state index contributed by atoms with van der Waals surface area (Å²) in [6.45, 7) is -0.263. The molecule has 8 nitrogen and oxygen atoms in total. The van der Waals surface area contributed by atoms with Crippen LogP contribution in [0.25, 0.3) is 22.6 Å². The van der Waals surface area contributed by atoms with Gasteiger partial charge in [0.25, 0.3) is 0 Å². The van der Waals surface area contributed by atoms with Crippen LogP contribution in [0.2, 0.25) is 5.02 Å². The Hall–Kier alpha value is -3.41. The van der Waals surface area contributed by atoms with Crippen LogP contribution in [-0.4, -0.2) is 46.4 Å². The van der Waals surface area contributed by atoms with Crippen molar-refractivity contribution in [1.82, 2.24) is 34.1 Å². The Morgan fingerprint density at radius 1 is 1.17 bits per heavy atom. The van der Waals surface area contributed by atoms with Gasteiger partial charge in [-0.25, -0.2) is 9.37 Å². The zero-order valence-corrected chi connectivity index (χ0v) is 19.9. The average Bonchev–Trinajstić information content (AvgIpc) is 3.46. The topological polar surface area (TPSA) is 78.4 Å². The van der Waals surface area contributed by atoms with Gasteiger partial charge in [0.1, 0.15) is 29.0 Å². The third-order valence-electron chi connectivity index (χ3n) is 7.07. The molecule has 0 radical (unpaired) electrons. The van der Waals surface area contributed by atoms with Crippen molar-refractivity contribution in [1.29, 1.82) is 0 Å². The number of anilines is 2. The molecule has 6 rings (SSSR count). The lowest BCUT2D eigenvalue weighted by molar-refractivity contribution is -0.216. The molecule has 1 saturated carbocycles. The molecule has 0 aromatic carbocycles. The highest BCUT2D eigenvalue weighted by molar-refractivity contribution is 6.33. The molecular formula is C23H21ClF4N8. The van der Waals surface area contributed by atoms with Gasteiger partial charge in [-0.05, 0) is 25.0 Å². The van der Waals surface area contributed by atoms with Crippen molar-refractivity contribution in [3.8, 4) is 22.6 Å². The number of aryl methyl sites for hydroxylation is 1. The van der Waals surface area contributed by atoms with E-state index in [0.29, 0.717) is 34.1 Å². The maximum absolute atomic E-state index is 15.0. The largest absolute Gasteiger partial charge is 0.401 e. The number of rotatable bonds is 4. The zero-order chi connectivity index (χ0) is 25.2. The van der Waals surface area contributed by atoms with Crippen molar-refractivity contribution in [2.24, 2.45) is 7.05 Å². The standard InChI is InChI=1S/C23H21ClF4N8/c1-34-19(3-6-30-34)31-18-8-15(16(24)9-29-18)13-7-17-20-32-33-21(22(4-2-5-22)23(26,27)28)36(20)12-14(25)11-35(17)10-13/h3,6-10,14H,2,4-5,11-12H2,1H3,(H,29,31)/t14-/m1/s1. The van der Waals surface area contributed by atoms with Crippen molar-refractivity contribution < 1.29 is 17.6 Å². The maximum Gasteiger partial charge on any atom is 0.401 e. The van der Waals surface area contributed by atoms with E-state index in [1.807, 2.05) is 0 Å². The number of nitrogens with one attached hydrogen (secondary N) is 1. The molecule has 188 valence electrons. The van der Waals surface area contributed by atoms with Gasteiger partial charge in [-0.3, -0.25) is 4.68 Å². The number of aromatic nitrogens is 7. The number of nitrogens with zero attached hydrogens (tertiary/aromatic N) is 7. The van der Waals surface area contributed by atoms with Gasteiger partial charge in [0.15, 0.2) is 5.82 Å². The van der Waals surface area contributed by atoms with E-state index in [1.165, 1.54) is 10.8 Å². The highest BCUT2D eigenvalue weighted by Crippen LogP contribution is 2.54. The summed E-state index contributed by atoms with van der Waals surface area (Å²) in [6, 6.07) is 5.29. The second-order valence-electron chi connectivity index (χ2n) is 9.27. The monoisotopic (exact) mass is 520 g/mol. The maximum atomic E-state index is 15.0. The van der Waals surface area contributed by atoms with Crippen molar-refractivity contribution in [3.05, 3.63) is 47.6 Å². The van der Waals surface area contributed by atoms with Crippen molar-refractivity contribution in [3.63, 3.8) is 0 Å². The van der Waals surface area contributed by atoms with Gasteiger partial charge < -0.3 is 14.5 Å². The normalized spacial score (nSPS) is 18.8. The summed E-state index contributed by atoms with van der Waals surface area (Å²) in [6.07, 6.45) is -0.730. The Labute approximate surface area is 207 Å². The van der Waals surface area contributed by atoms with Crippen LogP contribution in [0.15, 0.2) is 36.8 Å². The first-order valence-corrected chi connectivity index (χ1v) is 11.8. The van der Waals surface area contributed by atoms with Crippen LogP contribution >= 0.6 is 11.6 Å². The summed E-state index contributed by atoms with van der Waals surface area (Å²) < 4.78 is 61.8. The molecule has 0 bridgehead atoms. The van der Waals surface area contributed by atoms with E-state index in [4.69, 9.17) is 11.6 Å². The SMILES string of the molecule is Cn1nccc1Nc1cc(-c2cc3n(c2)C[C@@H](F)Cn2c-3nnc2C2(C(F)(F)F)CCC2)c(Cl)cn1. The van der Waals surface area contributed by atoms with Crippen molar-refractivity contribution in [2.45, 2.75) is 50.1 Å². The fourth-order valence-electron chi connectivity index (χ4n) is 5.01. The predicted molar refractivity (Wildman–Crippen MR) is 125 cm³/mol. The summed E-state index contributed by atoms with van der Waals surface area (Å²) in [5, 5.41) is 15.7. The molecule has 4 aromatic rings. The molecule has 1 atom stereocenters. The molecule has 0 amide bonds. The predicted octanol–water partition coefficient (Wildman–Crippen LogP) is 5.27. The number of pyridine rings is 1. The van der Waals surface area contributed by atoms with E-state index >= 15 is 4.39 Å². The summed E-state index contributed by atoms with van der Waals surface area (Å²) >= 11 is 6.46. The Morgan fingerprint density at radius 2 is 1.97 bits per heavy atom. The minimum Gasteiger partial charge on any atom is -0.341 e. The average molecular weight is 521 g/mol. The first-order chi connectivity index (χ1) is 17.2. The molecule has 0 saturated heterocycles. The van der Waals surface area contributed by atoms with Crippen LogP contribution in [0, 0.1) is 0 Å². The molecule has 1 aliphatic heterocycles. The lowest BCUT2D eigenvalue weighted by Gasteiger charge is -2.42. The Balaban J connectivity index is 1.42. The Bertz CT molecular complexity index is 1450. The van der Waals surface area contributed by atoms with Gasteiger partial charge in [0, 0.05) is 36.6 Å². The van der Waals surface area contributed by atoms with Crippen LogP contribution in [0.5, 0.6) is 0 Å². The minimum absolute atomic E-state index is 0.0278. The van der Waals surface area contributed by atoms with Crippen LogP contribution in [0.4, 0.5) is 29.2 Å². The summed E-state index contributed by atoms with van der Waals surface area (Å²) in [4.78, 5) is 4.31. The lowest BCUT2D eigenvalue weighted by Crippen LogP contribution is -2.50. The molecule has 4 aromatic heterocycles. The summed E-state index contributed by atoms with van der Waals surface area (Å²) in [7, 11) is 1.79. The fourth-order valence-corrected chi connectivity index (χ4v) is 5.22. The van der Waals surface area contributed by atoms with Crippen LogP contribution < -0.4 is 5.32 Å². The quantitative estimate of drug-likeness (QED) is 0.371. The first kappa shape index (κ1) is 23.0. The Morgan fingerprint density at radius 3 is 2.64 bits per heavy atom. The molecule has 1 fully saturated rings. The van der Waals surface area contributed by atoms with Gasteiger partial charge in [-0.2, -0.15) is 18.3 Å². The molecule has 1 aliphatic carbocycles. The number of hydrogen-bond donors (Lipinski definition) is 1. The van der Waals surface area contributed by atoms with E-state index in [2.05, 4.69) is 25.6 Å². The van der Waals surface area contributed by atoms with Gasteiger partial charge >= 0.3 is 6.18 Å². The van der Waals surface area contributed by atoms with E-state index in [1.54, 1.807) is 46.9 Å². The third kappa shape index (κ3) is 3.49. The summed E-state index contributed by atoms with van der Waals surface area (Å²) in [5.41, 5.74) is -0.313.